The topological polar surface area (TPSA) is 97.7 Å². The number of allylic oxidation sites excluding steroid dienone is 4. The first-order valence-corrected chi connectivity index (χ1v) is 10.6. The van der Waals surface area contributed by atoms with Crippen LogP contribution in [0.15, 0.2) is 48.1 Å². The average molecular weight is 424 g/mol. The Bertz CT molecular complexity index is 1020. The number of fused-ring (bicyclic) bond motifs is 5. The first-order valence-electron chi connectivity index (χ1n) is 10.6. The normalized spacial score (nSPS) is 41.3. The molecule has 1 N–H and O–H groups in total. The van der Waals surface area contributed by atoms with Crippen LogP contribution in [0.3, 0.4) is 0 Å². The number of Topliss-reactive ketones (excluding diaryl/α,β-unsaturated/α-hetero) is 2. The van der Waals surface area contributed by atoms with E-state index >= 15 is 0 Å². The van der Waals surface area contributed by atoms with E-state index in [-0.39, 0.29) is 41.3 Å². The molecule has 6 heteroatoms. The van der Waals surface area contributed by atoms with Crippen molar-refractivity contribution in [1.29, 1.82) is 0 Å². The quantitative estimate of drug-likeness (QED) is 0.700. The molecule has 0 aliphatic heterocycles. The molecule has 164 valence electrons. The number of aliphatic hydroxyl groups is 1. The van der Waals surface area contributed by atoms with Gasteiger partial charge < -0.3 is 9.84 Å². The summed E-state index contributed by atoms with van der Waals surface area (Å²) in [6.45, 7) is 12.5. The molecule has 0 bridgehead atoms. The number of ether oxygens (including phenoxy) is 1. The van der Waals surface area contributed by atoms with E-state index < -0.39 is 34.8 Å². The summed E-state index contributed by atoms with van der Waals surface area (Å²) in [6.07, 6.45) is 6.29. The standard InChI is InChI=1S/C25H28O6/c1-13-14(2)25(30,20(29)12-31-15(3)26)24(5)11-19(28)22-18(21(13)24)7-6-16-10-17(27)8-9-23(16,22)4/h8-10,18,21-22,30H,1-2,6-7,11-12H2,3-5H3/t18-,21-,22+,23-,24-,25-/m0/s1. The predicted octanol–water partition coefficient (Wildman–Crippen LogP) is 2.67. The minimum atomic E-state index is -2.03. The van der Waals surface area contributed by atoms with E-state index in [1.54, 1.807) is 13.0 Å². The van der Waals surface area contributed by atoms with Crippen LogP contribution in [-0.2, 0) is 23.9 Å². The molecule has 0 amide bonds. The Labute approximate surface area is 181 Å². The first-order chi connectivity index (χ1) is 14.4. The maximum Gasteiger partial charge on any atom is 0.303 e. The zero-order valence-electron chi connectivity index (χ0n) is 18.2. The predicted molar refractivity (Wildman–Crippen MR) is 113 cm³/mol. The van der Waals surface area contributed by atoms with E-state index in [1.807, 2.05) is 13.0 Å². The van der Waals surface area contributed by atoms with Gasteiger partial charge in [-0.15, -0.1) is 0 Å². The minimum absolute atomic E-state index is 0.0240. The molecule has 0 saturated heterocycles. The van der Waals surface area contributed by atoms with Crippen LogP contribution < -0.4 is 0 Å². The molecule has 0 heterocycles. The lowest BCUT2D eigenvalue weighted by atomic mass is 9.46. The second kappa shape index (κ2) is 6.70. The van der Waals surface area contributed by atoms with Crippen molar-refractivity contribution in [2.45, 2.75) is 45.6 Å². The summed E-state index contributed by atoms with van der Waals surface area (Å²) in [6, 6.07) is 0. The number of hydrogen-bond donors (Lipinski definition) is 1. The number of rotatable bonds is 3. The SMILES string of the molecule is C=C1C(=C)[C@](O)(C(=O)COC(C)=O)[C@@]2(C)CC(=O)[C@H]3[C@@H](CCC4=CC(=O)C=C[C@@]43C)[C@H]12. The van der Waals surface area contributed by atoms with E-state index in [2.05, 4.69) is 13.2 Å². The van der Waals surface area contributed by atoms with Gasteiger partial charge in [0.1, 0.15) is 5.78 Å². The van der Waals surface area contributed by atoms with Crippen LogP contribution in [0.4, 0.5) is 0 Å². The van der Waals surface area contributed by atoms with Crippen LogP contribution in [0.2, 0.25) is 0 Å². The zero-order chi connectivity index (χ0) is 22.9. The van der Waals surface area contributed by atoms with Crippen LogP contribution in [0, 0.1) is 28.6 Å². The smallest absolute Gasteiger partial charge is 0.303 e. The Balaban J connectivity index is 1.78. The molecule has 0 spiro atoms. The van der Waals surface area contributed by atoms with Gasteiger partial charge in [0.2, 0.25) is 5.78 Å². The lowest BCUT2D eigenvalue weighted by molar-refractivity contribution is -0.167. The molecule has 6 nitrogen and oxygen atoms in total. The number of carbonyl (C=O) groups excluding carboxylic acids is 4. The largest absolute Gasteiger partial charge is 0.458 e. The van der Waals surface area contributed by atoms with Crippen molar-refractivity contribution in [3.8, 4) is 0 Å². The van der Waals surface area contributed by atoms with Gasteiger partial charge in [0.15, 0.2) is 18.0 Å². The van der Waals surface area contributed by atoms with Crippen molar-refractivity contribution in [2.24, 2.45) is 28.6 Å². The lowest BCUT2D eigenvalue weighted by Crippen LogP contribution is -2.61. The Morgan fingerprint density at radius 3 is 2.55 bits per heavy atom. The van der Waals surface area contributed by atoms with Crippen LogP contribution in [0.1, 0.15) is 40.0 Å². The van der Waals surface area contributed by atoms with E-state index in [9.17, 15) is 24.3 Å². The molecule has 0 radical (unpaired) electrons. The fourth-order valence-electron chi connectivity index (χ4n) is 6.82. The summed E-state index contributed by atoms with van der Waals surface area (Å²) >= 11 is 0. The third-order valence-corrected chi connectivity index (χ3v) is 8.26. The van der Waals surface area contributed by atoms with Crippen molar-refractivity contribution in [2.75, 3.05) is 6.61 Å². The molecular formula is C25H28O6. The Morgan fingerprint density at radius 1 is 1.23 bits per heavy atom. The van der Waals surface area contributed by atoms with Gasteiger partial charge in [-0.2, -0.15) is 0 Å². The minimum Gasteiger partial charge on any atom is -0.458 e. The van der Waals surface area contributed by atoms with Gasteiger partial charge in [0, 0.05) is 30.1 Å². The van der Waals surface area contributed by atoms with Crippen molar-refractivity contribution in [3.05, 3.63) is 48.1 Å². The van der Waals surface area contributed by atoms with Gasteiger partial charge in [-0.05, 0) is 48.0 Å². The van der Waals surface area contributed by atoms with E-state index in [4.69, 9.17) is 4.74 Å². The fourth-order valence-corrected chi connectivity index (χ4v) is 6.82. The highest BCUT2D eigenvalue weighted by Gasteiger charge is 2.71. The summed E-state index contributed by atoms with van der Waals surface area (Å²) < 4.78 is 4.87. The number of hydrogen-bond acceptors (Lipinski definition) is 6. The van der Waals surface area contributed by atoms with Gasteiger partial charge >= 0.3 is 5.97 Å². The van der Waals surface area contributed by atoms with Gasteiger partial charge in [-0.3, -0.25) is 19.2 Å². The van der Waals surface area contributed by atoms with Crippen molar-refractivity contribution < 1.29 is 29.0 Å². The molecule has 6 atom stereocenters. The van der Waals surface area contributed by atoms with Crippen molar-refractivity contribution >= 4 is 23.3 Å². The summed E-state index contributed by atoms with van der Waals surface area (Å²) in [5.74, 6) is -2.26. The summed E-state index contributed by atoms with van der Waals surface area (Å²) in [4.78, 5) is 49.8. The molecule has 3 fully saturated rings. The molecule has 4 aliphatic carbocycles. The Kier molecular flexibility index (Phi) is 4.67. The fraction of sp³-hybridized carbons (Fsp3) is 0.520. The molecule has 0 unspecified atom stereocenters. The molecular weight excluding hydrogens is 396 g/mol. The summed E-state index contributed by atoms with van der Waals surface area (Å²) in [5.41, 5.74) is -1.98. The molecule has 4 rings (SSSR count). The monoisotopic (exact) mass is 424 g/mol. The highest BCUT2D eigenvalue weighted by Crippen LogP contribution is 2.68. The van der Waals surface area contributed by atoms with Crippen molar-refractivity contribution in [3.63, 3.8) is 0 Å². The van der Waals surface area contributed by atoms with Gasteiger partial charge in [0.25, 0.3) is 0 Å². The Hall–Kier alpha value is -2.60. The van der Waals surface area contributed by atoms with Gasteiger partial charge in [-0.1, -0.05) is 38.7 Å². The summed E-state index contributed by atoms with van der Waals surface area (Å²) in [5, 5.41) is 11.7. The molecule has 0 aromatic rings. The second-order valence-corrected chi connectivity index (χ2v) is 9.82. The van der Waals surface area contributed by atoms with Crippen LogP contribution in [0.25, 0.3) is 0 Å². The maximum absolute atomic E-state index is 13.6. The van der Waals surface area contributed by atoms with Crippen LogP contribution in [0.5, 0.6) is 0 Å². The first kappa shape index (κ1) is 21.6. The number of carbonyl (C=O) groups is 4. The molecule has 0 aromatic heterocycles. The maximum atomic E-state index is 13.6. The highest BCUT2D eigenvalue weighted by atomic mass is 16.5. The average Bonchev–Trinajstić information content (AvgIpc) is 2.84. The Morgan fingerprint density at radius 2 is 1.90 bits per heavy atom. The van der Waals surface area contributed by atoms with Crippen LogP contribution in [-0.4, -0.2) is 40.6 Å². The number of esters is 1. The third-order valence-electron chi connectivity index (χ3n) is 8.26. The zero-order valence-corrected chi connectivity index (χ0v) is 18.2. The lowest BCUT2D eigenvalue weighted by Gasteiger charge is -2.56. The molecule has 3 saturated carbocycles. The van der Waals surface area contributed by atoms with E-state index in [1.165, 1.54) is 13.0 Å². The number of ketones is 3. The van der Waals surface area contributed by atoms with Gasteiger partial charge in [0.05, 0.1) is 0 Å². The van der Waals surface area contributed by atoms with Crippen LogP contribution >= 0.6 is 0 Å². The molecule has 4 aliphatic rings. The summed E-state index contributed by atoms with van der Waals surface area (Å²) in [7, 11) is 0. The van der Waals surface area contributed by atoms with E-state index in [0.717, 1.165) is 5.57 Å². The molecule has 31 heavy (non-hydrogen) atoms. The van der Waals surface area contributed by atoms with E-state index in [0.29, 0.717) is 18.4 Å². The second-order valence-electron chi connectivity index (χ2n) is 9.82. The van der Waals surface area contributed by atoms with Gasteiger partial charge in [-0.25, -0.2) is 0 Å². The van der Waals surface area contributed by atoms with Crippen molar-refractivity contribution in [1.82, 2.24) is 0 Å². The highest BCUT2D eigenvalue weighted by molar-refractivity contribution is 6.02. The molecule has 0 aromatic carbocycles. The third kappa shape index (κ3) is 2.67.